The molecule has 1 aliphatic heterocycles. The Labute approximate surface area is 84.4 Å². The maximum absolute atomic E-state index is 4.37. The molecule has 1 saturated heterocycles. The number of hydrogen-bond acceptors (Lipinski definition) is 4. The number of piperazine rings is 1. The second-order valence-electron chi connectivity index (χ2n) is 3.77. The maximum Gasteiger partial charge on any atom is 0.150 e. The third kappa shape index (κ3) is 1.85. The lowest BCUT2D eigenvalue weighted by molar-refractivity contribution is 0.481. The van der Waals surface area contributed by atoms with Gasteiger partial charge >= 0.3 is 0 Å². The molecular formula is C10H16N4. The number of rotatable bonds is 1. The summed E-state index contributed by atoms with van der Waals surface area (Å²) in [6.45, 7) is 7.26. The monoisotopic (exact) mass is 192 g/mol. The van der Waals surface area contributed by atoms with Gasteiger partial charge in [0.1, 0.15) is 5.82 Å². The average Bonchev–Trinajstić information content (AvgIpc) is 2.18. The first-order chi connectivity index (χ1) is 6.77. The molecule has 14 heavy (non-hydrogen) atoms. The quantitative estimate of drug-likeness (QED) is 0.707. The van der Waals surface area contributed by atoms with Crippen LogP contribution in [0.2, 0.25) is 0 Å². The molecule has 1 aliphatic rings. The van der Waals surface area contributed by atoms with Gasteiger partial charge in [0.05, 0.1) is 5.69 Å². The molecule has 0 radical (unpaired) electrons. The SMILES string of the molecule is Cc1nccnc1N1CCN[C@@H](C)C1. The lowest BCUT2D eigenvalue weighted by Crippen LogP contribution is -2.49. The van der Waals surface area contributed by atoms with E-state index >= 15 is 0 Å². The van der Waals surface area contributed by atoms with Gasteiger partial charge in [0.2, 0.25) is 0 Å². The molecule has 4 nitrogen and oxygen atoms in total. The van der Waals surface area contributed by atoms with Crippen LogP contribution in [0.25, 0.3) is 0 Å². The number of nitrogens with zero attached hydrogens (tertiary/aromatic N) is 3. The highest BCUT2D eigenvalue weighted by molar-refractivity contribution is 5.42. The molecule has 1 aromatic rings. The molecule has 2 heterocycles. The van der Waals surface area contributed by atoms with Crippen LogP contribution in [0.3, 0.4) is 0 Å². The van der Waals surface area contributed by atoms with Crippen LogP contribution < -0.4 is 10.2 Å². The van der Waals surface area contributed by atoms with Gasteiger partial charge in [-0.15, -0.1) is 0 Å². The van der Waals surface area contributed by atoms with Crippen molar-refractivity contribution in [3.8, 4) is 0 Å². The Morgan fingerprint density at radius 2 is 2.21 bits per heavy atom. The van der Waals surface area contributed by atoms with Crippen LogP contribution in [0.1, 0.15) is 12.6 Å². The van der Waals surface area contributed by atoms with Crippen LogP contribution >= 0.6 is 0 Å². The molecule has 1 N–H and O–H groups in total. The summed E-state index contributed by atoms with van der Waals surface area (Å²) in [5.41, 5.74) is 1.02. The first-order valence-electron chi connectivity index (χ1n) is 5.03. The van der Waals surface area contributed by atoms with Crippen molar-refractivity contribution in [2.24, 2.45) is 0 Å². The predicted octanol–water partition coefficient (Wildman–Crippen LogP) is 0.583. The number of nitrogens with one attached hydrogen (secondary N) is 1. The summed E-state index contributed by atoms with van der Waals surface area (Å²) in [4.78, 5) is 10.9. The average molecular weight is 192 g/mol. The molecule has 0 aromatic carbocycles. The van der Waals surface area contributed by atoms with E-state index in [0.717, 1.165) is 31.1 Å². The standard InChI is InChI=1S/C10H16N4/c1-8-7-14(6-5-11-8)10-9(2)12-3-4-13-10/h3-4,8,11H,5-7H2,1-2H3/t8-/m0/s1. The second kappa shape index (κ2) is 3.92. The first kappa shape index (κ1) is 9.40. The highest BCUT2D eigenvalue weighted by Crippen LogP contribution is 2.15. The van der Waals surface area contributed by atoms with Crippen molar-refractivity contribution in [3.05, 3.63) is 18.1 Å². The van der Waals surface area contributed by atoms with E-state index in [4.69, 9.17) is 0 Å². The molecule has 0 bridgehead atoms. The van der Waals surface area contributed by atoms with E-state index in [1.807, 2.05) is 6.92 Å². The molecule has 1 atom stereocenters. The second-order valence-corrected chi connectivity index (χ2v) is 3.77. The van der Waals surface area contributed by atoms with Crippen molar-refractivity contribution in [2.75, 3.05) is 24.5 Å². The topological polar surface area (TPSA) is 41.1 Å². The predicted molar refractivity (Wildman–Crippen MR) is 56.4 cm³/mol. The summed E-state index contributed by atoms with van der Waals surface area (Å²) in [7, 11) is 0. The Morgan fingerprint density at radius 3 is 2.93 bits per heavy atom. The Bertz CT molecular complexity index is 313. The normalized spacial score (nSPS) is 22.4. The van der Waals surface area contributed by atoms with Crippen molar-refractivity contribution in [3.63, 3.8) is 0 Å². The number of hydrogen-bond donors (Lipinski definition) is 1. The van der Waals surface area contributed by atoms with E-state index in [0.29, 0.717) is 6.04 Å². The highest BCUT2D eigenvalue weighted by Gasteiger charge is 2.18. The molecule has 1 aromatic heterocycles. The van der Waals surface area contributed by atoms with Gasteiger partial charge in [-0.3, -0.25) is 4.98 Å². The minimum absolute atomic E-state index is 0.533. The largest absolute Gasteiger partial charge is 0.352 e. The number of anilines is 1. The van der Waals surface area contributed by atoms with Gasteiger partial charge in [0.25, 0.3) is 0 Å². The molecular weight excluding hydrogens is 176 g/mol. The smallest absolute Gasteiger partial charge is 0.150 e. The van der Waals surface area contributed by atoms with Crippen molar-refractivity contribution in [2.45, 2.75) is 19.9 Å². The van der Waals surface area contributed by atoms with Gasteiger partial charge in [-0.05, 0) is 13.8 Å². The zero-order valence-electron chi connectivity index (χ0n) is 8.70. The Balaban J connectivity index is 2.18. The van der Waals surface area contributed by atoms with Crippen LogP contribution in [0.5, 0.6) is 0 Å². The van der Waals surface area contributed by atoms with Crippen molar-refractivity contribution in [1.82, 2.24) is 15.3 Å². The molecule has 0 spiro atoms. The van der Waals surface area contributed by atoms with Gasteiger partial charge < -0.3 is 10.2 Å². The van der Waals surface area contributed by atoms with Crippen molar-refractivity contribution in [1.29, 1.82) is 0 Å². The molecule has 1 fully saturated rings. The van der Waals surface area contributed by atoms with Gasteiger partial charge in [-0.1, -0.05) is 0 Å². The van der Waals surface area contributed by atoms with Crippen LogP contribution in [0.15, 0.2) is 12.4 Å². The van der Waals surface area contributed by atoms with Crippen LogP contribution in [-0.2, 0) is 0 Å². The fraction of sp³-hybridized carbons (Fsp3) is 0.600. The minimum atomic E-state index is 0.533. The van der Waals surface area contributed by atoms with E-state index in [1.165, 1.54) is 0 Å². The third-order valence-corrected chi connectivity index (χ3v) is 2.52. The fourth-order valence-electron chi connectivity index (χ4n) is 1.84. The van der Waals surface area contributed by atoms with Gasteiger partial charge in [-0.2, -0.15) is 0 Å². The first-order valence-corrected chi connectivity index (χ1v) is 5.03. The fourth-order valence-corrected chi connectivity index (χ4v) is 1.84. The van der Waals surface area contributed by atoms with Crippen LogP contribution in [0, 0.1) is 6.92 Å². The zero-order valence-corrected chi connectivity index (χ0v) is 8.70. The zero-order chi connectivity index (χ0) is 9.97. The van der Waals surface area contributed by atoms with Gasteiger partial charge in [-0.25, -0.2) is 4.98 Å². The molecule has 0 amide bonds. The molecule has 0 unspecified atom stereocenters. The number of aromatic nitrogens is 2. The molecule has 4 heteroatoms. The minimum Gasteiger partial charge on any atom is -0.352 e. The van der Waals surface area contributed by atoms with Gasteiger partial charge in [0.15, 0.2) is 0 Å². The number of aryl methyl sites for hydroxylation is 1. The summed E-state index contributed by atoms with van der Waals surface area (Å²) in [5, 5.41) is 3.41. The molecule has 0 saturated carbocycles. The summed E-state index contributed by atoms with van der Waals surface area (Å²) in [6.07, 6.45) is 3.50. The van der Waals surface area contributed by atoms with Crippen LogP contribution in [-0.4, -0.2) is 35.6 Å². The van der Waals surface area contributed by atoms with E-state index in [9.17, 15) is 0 Å². The summed E-state index contributed by atoms with van der Waals surface area (Å²) in [6, 6.07) is 0.533. The van der Waals surface area contributed by atoms with Crippen molar-refractivity contribution >= 4 is 5.82 Å². The Kier molecular flexibility index (Phi) is 2.63. The van der Waals surface area contributed by atoms with Crippen molar-refractivity contribution < 1.29 is 0 Å². The van der Waals surface area contributed by atoms with Gasteiger partial charge in [0, 0.05) is 38.1 Å². The Morgan fingerprint density at radius 1 is 1.43 bits per heavy atom. The summed E-state index contributed by atoms with van der Waals surface area (Å²) >= 11 is 0. The maximum atomic E-state index is 4.37. The van der Waals surface area contributed by atoms with E-state index in [-0.39, 0.29) is 0 Å². The Hall–Kier alpha value is -1.16. The lowest BCUT2D eigenvalue weighted by atomic mass is 10.2. The van der Waals surface area contributed by atoms with E-state index in [1.54, 1.807) is 12.4 Å². The molecule has 0 aliphatic carbocycles. The third-order valence-electron chi connectivity index (χ3n) is 2.52. The molecule has 2 rings (SSSR count). The van der Waals surface area contributed by atoms with E-state index in [2.05, 4.69) is 27.1 Å². The van der Waals surface area contributed by atoms with Crippen LogP contribution in [0.4, 0.5) is 5.82 Å². The summed E-state index contributed by atoms with van der Waals surface area (Å²) in [5.74, 6) is 1.03. The molecule has 76 valence electrons. The van der Waals surface area contributed by atoms with E-state index < -0.39 is 0 Å². The lowest BCUT2D eigenvalue weighted by Gasteiger charge is -2.33. The summed E-state index contributed by atoms with van der Waals surface area (Å²) < 4.78 is 0. The highest BCUT2D eigenvalue weighted by atomic mass is 15.2.